The largest absolute Gasteiger partial charge is 0.484 e. The molecule has 0 aromatic rings. The summed E-state index contributed by atoms with van der Waals surface area (Å²) in [5, 5.41) is 3.57. The first kappa shape index (κ1) is 9.22. The third-order valence-electron chi connectivity index (χ3n) is 3.47. The second-order valence-corrected chi connectivity index (χ2v) is 4.41. The van der Waals surface area contributed by atoms with E-state index in [4.69, 9.17) is 4.74 Å². The first-order chi connectivity index (χ1) is 7.41. The number of fused-ring (bicyclic) bond motifs is 2. The van der Waals surface area contributed by atoms with Crippen molar-refractivity contribution in [1.82, 2.24) is 5.32 Å². The molecule has 0 aromatic carbocycles. The number of rotatable bonds is 0. The summed E-state index contributed by atoms with van der Waals surface area (Å²) in [6.07, 6.45) is 14.0. The van der Waals surface area contributed by atoms with Gasteiger partial charge in [0.1, 0.15) is 0 Å². The highest BCUT2D eigenvalue weighted by Crippen LogP contribution is 2.40. The Morgan fingerprint density at radius 3 is 3.27 bits per heavy atom. The van der Waals surface area contributed by atoms with Gasteiger partial charge in [-0.05, 0) is 25.0 Å². The maximum absolute atomic E-state index is 5.37. The lowest BCUT2D eigenvalue weighted by atomic mass is 9.72. The molecule has 1 aliphatic carbocycles. The molecule has 78 valence electrons. The monoisotopic (exact) mass is 201 g/mol. The van der Waals surface area contributed by atoms with Crippen LogP contribution in [0.15, 0.2) is 36.1 Å². The highest BCUT2D eigenvalue weighted by molar-refractivity contribution is 5.38. The maximum atomic E-state index is 5.37. The molecule has 2 radical (unpaired) electrons. The molecule has 15 heavy (non-hydrogen) atoms. The van der Waals surface area contributed by atoms with Gasteiger partial charge in [0.2, 0.25) is 6.61 Å². The fraction of sp³-hybridized carbons (Fsp3) is 0.462. The van der Waals surface area contributed by atoms with Gasteiger partial charge in [-0.25, -0.2) is 0 Å². The minimum Gasteiger partial charge on any atom is -0.484 e. The maximum Gasteiger partial charge on any atom is 0.217 e. The summed E-state index contributed by atoms with van der Waals surface area (Å²) >= 11 is 0. The van der Waals surface area contributed by atoms with E-state index in [1.165, 1.54) is 18.4 Å². The van der Waals surface area contributed by atoms with E-state index in [-0.39, 0.29) is 5.54 Å². The van der Waals surface area contributed by atoms with Crippen molar-refractivity contribution >= 4 is 0 Å². The number of hydrogen-bond acceptors (Lipinski definition) is 2. The third-order valence-corrected chi connectivity index (χ3v) is 3.47. The molecule has 1 saturated heterocycles. The smallest absolute Gasteiger partial charge is 0.217 e. The number of ether oxygens (including phenoxy) is 1. The predicted octanol–water partition coefficient (Wildman–Crippen LogP) is 2.19. The minimum atomic E-state index is -0.0798. The SMILES string of the molecule is [C]1OC=C2C=CC=CC2C12CCCCN2. The van der Waals surface area contributed by atoms with Crippen LogP contribution in [0.25, 0.3) is 0 Å². The summed E-state index contributed by atoms with van der Waals surface area (Å²) in [5.41, 5.74) is 1.18. The molecule has 2 aliphatic heterocycles. The number of hydrogen-bond donors (Lipinski definition) is 1. The summed E-state index contributed by atoms with van der Waals surface area (Å²) < 4.78 is 5.37. The molecule has 3 rings (SSSR count). The molecule has 0 aromatic heterocycles. The van der Waals surface area contributed by atoms with E-state index in [0.29, 0.717) is 5.92 Å². The lowest BCUT2D eigenvalue weighted by Gasteiger charge is -2.44. The van der Waals surface area contributed by atoms with Crippen LogP contribution in [0.1, 0.15) is 19.3 Å². The Balaban J connectivity index is 1.93. The second kappa shape index (κ2) is 3.53. The van der Waals surface area contributed by atoms with Gasteiger partial charge in [0.05, 0.1) is 11.8 Å². The van der Waals surface area contributed by atoms with Crippen molar-refractivity contribution in [3.05, 3.63) is 42.7 Å². The molecule has 0 bridgehead atoms. The zero-order valence-electron chi connectivity index (χ0n) is 8.70. The molecule has 2 heterocycles. The topological polar surface area (TPSA) is 21.3 Å². The first-order valence-corrected chi connectivity index (χ1v) is 5.63. The fourth-order valence-corrected chi connectivity index (χ4v) is 2.67. The van der Waals surface area contributed by atoms with Crippen molar-refractivity contribution < 1.29 is 4.74 Å². The summed E-state index contributed by atoms with van der Waals surface area (Å²) in [6, 6.07) is 0. The zero-order chi connectivity index (χ0) is 10.1. The Morgan fingerprint density at radius 1 is 1.40 bits per heavy atom. The fourth-order valence-electron chi connectivity index (χ4n) is 2.67. The molecule has 1 fully saturated rings. The third kappa shape index (κ3) is 1.44. The van der Waals surface area contributed by atoms with E-state index >= 15 is 0 Å². The molecule has 2 atom stereocenters. The van der Waals surface area contributed by atoms with Gasteiger partial charge in [-0.2, -0.15) is 0 Å². The van der Waals surface area contributed by atoms with Crippen LogP contribution >= 0.6 is 0 Å². The van der Waals surface area contributed by atoms with Gasteiger partial charge in [0.25, 0.3) is 0 Å². The van der Waals surface area contributed by atoms with Crippen LogP contribution in [0.5, 0.6) is 0 Å². The molecule has 0 saturated carbocycles. The van der Waals surface area contributed by atoms with E-state index in [9.17, 15) is 0 Å². The molecule has 2 nitrogen and oxygen atoms in total. The highest BCUT2D eigenvalue weighted by Gasteiger charge is 2.44. The van der Waals surface area contributed by atoms with Crippen LogP contribution in [-0.2, 0) is 4.74 Å². The predicted molar refractivity (Wildman–Crippen MR) is 58.8 cm³/mol. The van der Waals surface area contributed by atoms with E-state index in [0.717, 1.165) is 13.0 Å². The zero-order valence-corrected chi connectivity index (χ0v) is 8.70. The Kier molecular flexibility index (Phi) is 2.17. The summed E-state index contributed by atoms with van der Waals surface area (Å²) in [6.45, 7) is 4.23. The quantitative estimate of drug-likeness (QED) is 0.648. The molecule has 2 unspecified atom stereocenters. The van der Waals surface area contributed by atoms with Crippen LogP contribution in [-0.4, -0.2) is 12.1 Å². The molecular formula is C13H15NO. The van der Waals surface area contributed by atoms with Gasteiger partial charge in [-0.3, -0.25) is 0 Å². The van der Waals surface area contributed by atoms with Crippen molar-refractivity contribution in [1.29, 1.82) is 0 Å². The second-order valence-electron chi connectivity index (χ2n) is 4.41. The summed E-state index contributed by atoms with van der Waals surface area (Å²) in [7, 11) is 0. The molecule has 1 N–H and O–H groups in total. The van der Waals surface area contributed by atoms with Gasteiger partial charge < -0.3 is 10.1 Å². The molecular weight excluding hydrogens is 186 g/mol. The van der Waals surface area contributed by atoms with Crippen LogP contribution in [0, 0.1) is 12.5 Å². The van der Waals surface area contributed by atoms with Crippen molar-refractivity contribution in [2.24, 2.45) is 5.92 Å². The van der Waals surface area contributed by atoms with Gasteiger partial charge >= 0.3 is 0 Å². The van der Waals surface area contributed by atoms with Gasteiger partial charge in [0, 0.05) is 5.92 Å². The normalized spacial score (nSPS) is 38.4. The van der Waals surface area contributed by atoms with E-state index < -0.39 is 0 Å². The Morgan fingerprint density at radius 2 is 2.40 bits per heavy atom. The Hall–Kier alpha value is -1.02. The van der Waals surface area contributed by atoms with Crippen LogP contribution in [0.2, 0.25) is 0 Å². The molecule has 3 aliphatic rings. The molecule has 2 heteroatoms. The van der Waals surface area contributed by atoms with E-state index in [2.05, 4.69) is 36.2 Å². The lowest BCUT2D eigenvalue weighted by molar-refractivity contribution is 0.131. The Labute approximate surface area is 90.7 Å². The summed E-state index contributed by atoms with van der Waals surface area (Å²) in [4.78, 5) is 0. The van der Waals surface area contributed by atoms with Crippen LogP contribution in [0.4, 0.5) is 0 Å². The molecule has 1 spiro atoms. The highest BCUT2D eigenvalue weighted by atomic mass is 16.5. The Bertz CT molecular complexity index is 334. The van der Waals surface area contributed by atoms with Crippen molar-refractivity contribution in [3.63, 3.8) is 0 Å². The van der Waals surface area contributed by atoms with Crippen molar-refractivity contribution in [3.8, 4) is 0 Å². The number of piperidine rings is 1. The van der Waals surface area contributed by atoms with E-state index in [1.807, 2.05) is 6.26 Å². The van der Waals surface area contributed by atoms with Crippen LogP contribution in [0.3, 0.4) is 0 Å². The van der Waals surface area contributed by atoms with Gasteiger partial charge in [-0.1, -0.05) is 30.7 Å². The number of allylic oxidation sites excluding steroid dienone is 3. The van der Waals surface area contributed by atoms with Crippen LogP contribution < -0.4 is 5.32 Å². The average Bonchev–Trinajstić information content (AvgIpc) is 2.31. The van der Waals surface area contributed by atoms with Crippen molar-refractivity contribution in [2.75, 3.05) is 6.54 Å². The lowest BCUT2D eigenvalue weighted by Crippen LogP contribution is -2.56. The average molecular weight is 201 g/mol. The van der Waals surface area contributed by atoms with Gasteiger partial charge in [0.15, 0.2) is 0 Å². The summed E-state index contributed by atoms with van der Waals surface area (Å²) in [5.74, 6) is 0.400. The van der Waals surface area contributed by atoms with Crippen molar-refractivity contribution in [2.45, 2.75) is 24.8 Å². The number of nitrogens with one attached hydrogen (secondary N) is 1. The van der Waals surface area contributed by atoms with Gasteiger partial charge in [-0.15, -0.1) is 0 Å². The molecule has 0 amide bonds. The standard InChI is InChI=1S/C13H15NO/c1-2-6-12-11(5-1)9-15-10-13(12)7-3-4-8-14-13/h1-2,5-6,9,12,14H,3-4,7-8H2. The first-order valence-electron chi connectivity index (χ1n) is 5.63. The van der Waals surface area contributed by atoms with E-state index in [1.54, 1.807) is 0 Å². The minimum absolute atomic E-state index is 0.0798.